The van der Waals surface area contributed by atoms with Gasteiger partial charge in [-0.1, -0.05) is 0 Å². The van der Waals surface area contributed by atoms with Gasteiger partial charge in [-0.2, -0.15) is 0 Å². The Balaban J connectivity index is 1.97. The lowest BCUT2D eigenvalue weighted by atomic mass is 10.2. The summed E-state index contributed by atoms with van der Waals surface area (Å²) < 4.78 is 9.37. The number of carbonyl (C=O) groups excluding carboxylic acids is 2. The van der Waals surface area contributed by atoms with Crippen molar-refractivity contribution >= 4 is 17.7 Å². The molecule has 0 bridgehead atoms. The second kappa shape index (κ2) is 6.27. The highest BCUT2D eigenvalue weighted by atomic mass is 16.5. The van der Waals surface area contributed by atoms with Crippen LogP contribution in [-0.4, -0.2) is 57.4 Å². The third-order valence-electron chi connectivity index (χ3n) is 3.37. The molecule has 1 amide bonds. The molecule has 20 heavy (non-hydrogen) atoms. The summed E-state index contributed by atoms with van der Waals surface area (Å²) in [4.78, 5) is 26.6. The molecule has 1 heterocycles. The molecule has 0 aromatic heterocycles. The summed E-state index contributed by atoms with van der Waals surface area (Å²) in [6.07, 6.45) is -0.286. The van der Waals surface area contributed by atoms with Crippen LogP contribution in [0.4, 0.5) is 10.5 Å². The Morgan fingerprint density at radius 3 is 2.05 bits per heavy atom. The van der Waals surface area contributed by atoms with Crippen LogP contribution in [-0.2, 0) is 9.47 Å². The maximum absolute atomic E-state index is 11.4. The van der Waals surface area contributed by atoms with Crippen molar-refractivity contribution in [3.8, 4) is 0 Å². The summed E-state index contributed by atoms with van der Waals surface area (Å²) in [5.74, 6) is -0.341. The molecule has 0 saturated carbocycles. The molecule has 1 saturated heterocycles. The molecule has 1 fully saturated rings. The molecule has 0 spiro atoms. The molecule has 1 aromatic rings. The van der Waals surface area contributed by atoms with Crippen LogP contribution < -0.4 is 4.90 Å². The summed E-state index contributed by atoms with van der Waals surface area (Å²) in [5.41, 5.74) is 1.56. The van der Waals surface area contributed by atoms with Crippen LogP contribution >= 0.6 is 0 Å². The van der Waals surface area contributed by atoms with Crippen molar-refractivity contribution in [1.82, 2.24) is 4.90 Å². The molecule has 6 heteroatoms. The fourth-order valence-corrected chi connectivity index (χ4v) is 2.20. The lowest BCUT2D eigenvalue weighted by molar-refractivity contribution is 0.0600. The molecule has 0 radical (unpaired) electrons. The molecule has 108 valence electrons. The van der Waals surface area contributed by atoms with Crippen LogP contribution in [0.25, 0.3) is 0 Å². The van der Waals surface area contributed by atoms with Crippen LogP contribution in [0.1, 0.15) is 10.4 Å². The largest absolute Gasteiger partial charge is 0.465 e. The van der Waals surface area contributed by atoms with Crippen molar-refractivity contribution in [3.63, 3.8) is 0 Å². The zero-order chi connectivity index (χ0) is 14.5. The minimum absolute atomic E-state index is 0.286. The second-order valence-electron chi connectivity index (χ2n) is 4.48. The number of esters is 1. The average molecular weight is 278 g/mol. The van der Waals surface area contributed by atoms with E-state index in [0.717, 1.165) is 18.8 Å². The van der Waals surface area contributed by atoms with Crippen LogP contribution in [0.15, 0.2) is 24.3 Å². The number of benzene rings is 1. The van der Waals surface area contributed by atoms with Gasteiger partial charge in [0.05, 0.1) is 19.8 Å². The van der Waals surface area contributed by atoms with Gasteiger partial charge in [0.15, 0.2) is 0 Å². The Kier molecular flexibility index (Phi) is 4.45. The molecule has 2 rings (SSSR count). The second-order valence-corrected chi connectivity index (χ2v) is 4.48. The number of amides is 1. The summed E-state index contributed by atoms with van der Waals surface area (Å²) in [6.45, 7) is 2.75. The van der Waals surface area contributed by atoms with Crippen molar-refractivity contribution in [2.45, 2.75) is 0 Å². The number of piperazine rings is 1. The molecule has 0 N–H and O–H groups in total. The van der Waals surface area contributed by atoms with Gasteiger partial charge in [0, 0.05) is 31.9 Å². The third kappa shape index (κ3) is 3.01. The Bertz CT molecular complexity index is 478. The maximum Gasteiger partial charge on any atom is 0.409 e. The molecular weight excluding hydrogens is 260 g/mol. The summed E-state index contributed by atoms with van der Waals surface area (Å²) in [6, 6.07) is 7.27. The molecule has 1 aliphatic heterocycles. The molecule has 1 aromatic carbocycles. The number of rotatable bonds is 2. The van der Waals surface area contributed by atoms with Crippen molar-refractivity contribution in [1.29, 1.82) is 0 Å². The molecule has 1 aliphatic rings. The van der Waals surface area contributed by atoms with Crippen LogP contribution in [0.5, 0.6) is 0 Å². The van der Waals surface area contributed by atoms with Crippen molar-refractivity contribution in [3.05, 3.63) is 29.8 Å². The highest BCUT2D eigenvalue weighted by Crippen LogP contribution is 2.18. The zero-order valence-corrected chi connectivity index (χ0v) is 11.7. The highest BCUT2D eigenvalue weighted by Gasteiger charge is 2.21. The first kappa shape index (κ1) is 14.2. The third-order valence-corrected chi connectivity index (χ3v) is 3.37. The van der Waals surface area contributed by atoms with Gasteiger partial charge < -0.3 is 19.3 Å². The van der Waals surface area contributed by atoms with E-state index in [9.17, 15) is 9.59 Å². The van der Waals surface area contributed by atoms with E-state index in [2.05, 4.69) is 9.64 Å². The van der Waals surface area contributed by atoms with Gasteiger partial charge in [-0.3, -0.25) is 0 Å². The summed E-state index contributed by atoms with van der Waals surface area (Å²) >= 11 is 0. The smallest absolute Gasteiger partial charge is 0.409 e. The summed E-state index contributed by atoms with van der Waals surface area (Å²) in [7, 11) is 2.75. The van der Waals surface area contributed by atoms with E-state index in [0.29, 0.717) is 18.7 Å². The van der Waals surface area contributed by atoms with E-state index in [1.165, 1.54) is 14.2 Å². The van der Waals surface area contributed by atoms with Crippen molar-refractivity contribution in [2.24, 2.45) is 0 Å². The molecule has 0 aliphatic carbocycles. The zero-order valence-electron chi connectivity index (χ0n) is 11.7. The Labute approximate surface area is 117 Å². The van der Waals surface area contributed by atoms with Crippen LogP contribution in [0.2, 0.25) is 0 Å². The first-order valence-electron chi connectivity index (χ1n) is 6.42. The molecule has 0 atom stereocenters. The van der Waals surface area contributed by atoms with Crippen LogP contribution in [0.3, 0.4) is 0 Å². The molecular formula is C14H18N2O4. The number of hydrogen-bond donors (Lipinski definition) is 0. The Morgan fingerprint density at radius 1 is 0.950 bits per heavy atom. The van der Waals surface area contributed by atoms with Gasteiger partial charge in [0.25, 0.3) is 0 Å². The SMILES string of the molecule is COC(=O)c1ccc(N2CCN(C(=O)OC)CC2)cc1. The lowest BCUT2D eigenvalue weighted by Crippen LogP contribution is -2.48. The standard InChI is InChI=1S/C14H18N2O4/c1-19-13(17)11-3-5-12(6-4-11)15-7-9-16(10-8-15)14(18)20-2/h3-6H,7-10H2,1-2H3. The quantitative estimate of drug-likeness (QED) is 0.765. The van der Waals surface area contributed by atoms with E-state index < -0.39 is 0 Å². The van der Waals surface area contributed by atoms with Gasteiger partial charge in [0.1, 0.15) is 0 Å². The van der Waals surface area contributed by atoms with E-state index in [-0.39, 0.29) is 12.1 Å². The minimum atomic E-state index is -0.341. The first-order valence-corrected chi connectivity index (χ1v) is 6.42. The fraction of sp³-hybridized carbons (Fsp3) is 0.429. The number of ether oxygens (including phenoxy) is 2. The fourth-order valence-electron chi connectivity index (χ4n) is 2.20. The highest BCUT2D eigenvalue weighted by molar-refractivity contribution is 5.89. The molecule has 0 unspecified atom stereocenters. The van der Waals surface area contributed by atoms with Crippen LogP contribution in [0, 0.1) is 0 Å². The van der Waals surface area contributed by atoms with Crippen molar-refractivity contribution in [2.75, 3.05) is 45.3 Å². The van der Waals surface area contributed by atoms with E-state index in [4.69, 9.17) is 4.74 Å². The number of nitrogens with zero attached hydrogens (tertiary/aromatic N) is 2. The number of methoxy groups -OCH3 is 2. The van der Waals surface area contributed by atoms with Gasteiger partial charge in [0.2, 0.25) is 0 Å². The minimum Gasteiger partial charge on any atom is -0.465 e. The number of hydrogen-bond acceptors (Lipinski definition) is 5. The Hall–Kier alpha value is -2.24. The molecule has 6 nitrogen and oxygen atoms in total. The van der Waals surface area contributed by atoms with Gasteiger partial charge in [-0.15, -0.1) is 0 Å². The van der Waals surface area contributed by atoms with E-state index in [1.807, 2.05) is 12.1 Å². The first-order chi connectivity index (χ1) is 9.65. The van der Waals surface area contributed by atoms with Crippen molar-refractivity contribution < 1.29 is 19.1 Å². The van der Waals surface area contributed by atoms with E-state index in [1.54, 1.807) is 17.0 Å². The number of anilines is 1. The topological polar surface area (TPSA) is 59.1 Å². The van der Waals surface area contributed by atoms with E-state index >= 15 is 0 Å². The summed E-state index contributed by atoms with van der Waals surface area (Å²) in [5, 5.41) is 0. The number of carbonyl (C=O) groups is 2. The monoisotopic (exact) mass is 278 g/mol. The van der Waals surface area contributed by atoms with Gasteiger partial charge >= 0.3 is 12.1 Å². The predicted molar refractivity (Wildman–Crippen MR) is 74.0 cm³/mol. The average Bonchev–Trinajstić information content (AvgIpc) is 2.53. The normalized spacial score (nSPS) is 14.9. The Morgan fingerprint density at radius 2 is 1.55 bits per heavy atom. The van der Waals surface area contributed by atoms with Gasteiger partial charge in [-0.05, 0) is 24.3 Å². The van der Waals surface area contributed by atoms with Gasteiger partial charge in [-0.25, -0.2) is 9.59 Å². The maximum atomic E-state index is 11.4. The predicted octanol–water partition coefficient (Wildman–Crippen LogP) is 1.36. The lowest BCUT2D eigenvalue weighted by Gasteiger charge is -2.35.